The Morgan fingerprint density at radius 2 is 1.08 bits per heavy atom. The van der Waals surface area contributed by atoms with E-state index < -0.39 is 0 Å². The average molecular weight is 188 g/mol. The molecule has 13 heavy (non-hydrogen) atoms. The molecule has 1 aliphatic rings. The van der Waals surface area contributed by atoms with Gasteiger partial charge in [0, 0.05) is 0 Å². The number of nitrogens with zero attached hydrogens (tertiary/aromatic N) is 2. The van der Waals surface area contributed by atoms with Crippen molar-refractivity contribution in [1.29, 1.82) is 0 Å². The van der Waals surface area contributed by atoms with Crippen LogP contribution in [0.15, 0.2) is 0 Å². The van der Waals surface area contributed by atoms with Gasteiger partial charge in [-0.2, -0.15) is 0 Å². The second kappa shape index (κ2) is 4.97. The third-order valence-corrected chi connectivity index (χ3v) is 2.03. The highest BCUT2D eigenvalue weighted by Gasteiger charge is 2.17. The molecular formula is C11H28N2+2. The number of piperidine rings is 1. The van der Waals surface area contributed by atoms with Crippen molar-refractivity contribution in [2.75, 3.05) is 55.4 Å². The van der Waals surface area contributed by atoms with E-state index in [1.807, 2.05) is 0 Å². The maximum absolute atomic E-state index is 2.32. The highest BCUT2D eigenvalue weighted by Crippen LogP contribution is 2.12. The Hall–Kier alpha value is -0.0800. The molecule has 1 rings (SSSR count). The predicted octanol–water partition coefficient (Wildman–Crippen LogP) is 1.57. The normalized spacial score (nSPS) is 21.7. The minimum absolute atomic E-state index is 1.00. The first-order chi connectivity index (χ1) is 5.71. The number of hydrogen-bond acceptors (Lipinski definition) is 0. The van der Waals surface area contributed by atoms with E-state index in [9.17, 15) is 0 Å². The van der Waals surface area contributed by atoms with Crippen LogP contribution in [0.4, 0.5) is 0 Å². The lowest BCUT2D eigenvalue weighted by Crippen LogP contribution is -2.43. The molecule has 2 nitrogen and oxygen atoms in total. The van der Waals surface area contributed by atoms with Gasteiger partial charge in [0.25, 0.3) is 0 Å². The summed E-state index contributed by atoms with van der Waals surface area (Å²) in [6.07, 6.45) is 4.34. The first kappa shape index (κ1) is 12.9. The van der Waals surface area contributed by atoms with E-state index in [0.29, 0.717) is 0 Å². The molecule has 0 unspecified atom stereocenters. The Bertz CT molecular complexity index is 120. The fraction of sp³-hybridized carbons (Fsp3) is 1.00. The Balaban J connectivity index is 0.000000252. The zero-order chi connectivity index (χ0) is 10.5. The maximum atomic E-state index is 2.32. The molecular weight excluding hydrogens is 160 g/mol. The van der Waals surface area contributed by atoms with Crippen molar-refractivity contribution in [3.05, 3.63) is 0 Å². The van der Waals surface area contributed by atoms with Crippen molar-refractivity contribution in [2.24, 2.45) is 0 Å². The molecule has 2 heteroatoms. The van der Waals surface area contributed by atoms with Crippen molar-refractivity contribution in [3.8, 4) is 0 Å². The van der Waals surface area contributed by atoms with Crippen molar-refractivity contribution >= 4 is 0 Å². The van der Waals surface area contributed by atoms with Crippen molar-refractivity contribution in [2.45, 2.75) is 19.3 Å². The van der Waals surface area contributed by atoms with E-state index in [0.717, 1.165) is 4.48 Å². The first-order valence-corrected chi connectivity index (χ1v) is 5.32. The number of likely N-dealkylation sites (tertiary alicyclic amines) is 1. The van der Waals surface area contributed by atoms with Gasteiger partial charge in [-0.3, -0.25) is 0 Å². The van der Waals surface area contributed by atoms with Crippen molar-refractivity contribution in [1.82, 2.24) is 0 Å². The van der Waals surface area contributed by atoms with Crippen LogP contribution in [-0.2, 0) is 0 Å². The fourth-order valence-corrected chi connectivity index (χ4v) is 1.37. The Morgan fingerprint density at radius 3 is 1.23 bits per heavy atom. The Labute approximate surface area is 84.3 Å². The molecule has 0 aromatic rings. The summed E-state index contributed by atoms with van der Waals surface area (Å²) in [5.74, 6) is 0. The number of rotatable bonds is 0. The van der Waals surface area contributed by atoms with Gasteiger partial charge in [0.15, 0.2) is 0 Å². The zero-order valence-corrected chi connectivity index (χ0v) is 10.4. The van der Waals surface area contributed by atoms with Crippen LogP contribution in [0.2, 0.25) is 0 Å². The van der Waals surface area contributed by atoms with Gasteiger partial charge in [0.05, 0.1) is 55.4 Å². The average Bonchev–Trinajstić information content (AvgIpc) is 1.82. The summed E-state index contributed by atoms with van der Waals surface area (Å²) in [6, 6.07) is 0. The lowest BCUT2D eigenvalue weighted by molar-refractivity contribution is -0.894. The first-order valence-electron chi connectivity index (χ1n) is 5.32. The summed E-state index contributed by atoms with van der Waals surface area (Å²) in [4.78, 5) is 0. The van der Waals surface area contributed by atoms with Crippen molar-refractivity contribution in [3.63, 3.8) is 0 Å². The third kappa shape index (κ3) is 11.9. The molecule has 0 spiro atoms. The van der Waals surface area contributed by atoms with E-state index >= 15 is 0 Å². The van der Waals surface area contributed by atoms with E-state index in [1.54, 1.807) is 0 Å². The van der Waals surface area contributed by atoms with Crippen LogP contribution in [-0.4, -0.2) is 64.3 Å². The zero-order valence-electron chi connectivity index (χ0n) is 10.4. The topological polar surface area (TPSA) is 0 Å². The van der Waals surface area contributed by atoms with E-state index in [1.165, 1.54) is 36.8 Å². The fourth-order valence-electron chi connectivity index (χ4n) is 1.37. The quantitative estimate of drug-likeness (QED) is 0.506. The van der Waals surface area contributed by atoms with Crippen LogP contribution in [0, 0.1) is 0 Å². The molecule has 1 fully saturated rings. The summed E-state index contributed by atoms with van der Waals surface area (Å²) in [7, 11) is 13.1. The lowest BCUT2D eigenvalue weighted by Gasteiger charge is -2.33. The molecule has 0 aromatic heterocycles. The Morgan fingerprint density at radius 1 is 0.769 bits per heavy atom. The molecule has 0 radical (unpaired) electrons. The van der Waals surface area contributed by atoms with Crippen LogP contribution in [0.3, 0.4) is 0 Å². The van der Waals surface area contributed by atoms with Crippen LogP contribution in [0.5, 0.6) is 0 Å². The van der Waals surface area contributed by atoms with Crippen LogP contribution in [0.25, 0.3) is 0 Å². The standard InChI is InChI=1S/C7H16N.C4H12N/c1-8(2)6-4-3-5-7-8;1-5(2,3)4/h3-7H2,1-2H3;1-4H3/q2*+1. The number of quaternary nitrogens is 2. The van der Waals surface area contributed by atoms with Gasteiger partial charge in [0.2, 0.25) is 0 Å². The molecule has 0 aromatic carbocycles. The molecule has 0 bridgehead atoms. The monoisotopic (exact) mass is 188 g/mol. The second-order valence-corrected chi connectivity index (χ2v) is 6.13. The highest BCUT2D eigenvalue weighted by molar-refractivity contribution is 4.47. The molecule has 0 saturated carbocycles. The minimum Gasteiger partial charge on any atom is -0.333 e. The SMILES string of the molecule is C[N+](C)(C)C.C[N+]1(C)CCCCC1. The van der Waals surface area contributed by atoms with Crippen LogP contribution < -0.4 is 0 Å². The molecule has 1 saturated heterocycles. The van der Waals surface area contributed by atoms with Gasteiger partial charge in [-0.05, 0) is 19.3 Å². The summed E-state index contributed by atoms with van der Waals surface area (Å²) in [5, 5.41) is 0. The minimum atomic E-state index is 1.00. The molecule has 0 atom stereocenters. The molecule has 0 N–H and O–H groups in total. The smallest absolute Gasteiger partial charge is 0.0782 e. The predicted molar refractivity (Wildman–Crippen MR) is 59.6 cm³/mol. The summed E-state index contributed by atoms with van der Waals surface area (Å²) in [5.41, 5.74) is 0. The summed E-state index contributed by atoms with van der Waals surface area (Å²) < 4.78 is 2.25. The van der Waals surface area contributed by atoms with Crippen molar-refractivity contribution < 1.29 is 8.97 Å². The van der Waals surface area contributed by atoms with Gasteiger partial charge in [-0.1, -0.05) is 0 Å². The van der Waals surface area contributed by atoms with Gasteiger partial charge in [0.1, 0.15) is 0 Å². The van der Waals surface area contributed by atoms with Gasteiger partial charge in [-0.25, -0.2) is 0 Å². The largest absolute Gasteiger partial charge is 0.333 e. The third-order valence-electron chi connectivity index (χ3n) is 2.03. The van der Waals surface area contributed by atoms with Crippen LogP contribution >= 0.6 is 0 Å². The molecule has 1 aliphatic heterocycles. The molecule has 0 aliphatic carbocycles. The van der Waals surface area contributed by atoms with Gasteiger partial charge >= 0.3 is 0 Å². The van der Waals surface area contributed by atoms with Gasteiger partial charge < -0.3 is 8.97 Å². The molecule has 0 amide bonds. The van der Waals surface area contributed by atoms with Crippen LogP contribution in [0.1, 0.15) is 19.3 Å². The Kier molecular flexibility index (Phi) is 4.93. The van der Waals surface area contributed by atoms with E-state index in [2.05, 4.69) is 42.3 Å². The lowest BCUT2D eigenvalue weighted by atomic mass is 10.1. The highest BCUT2D eigenvalue weighted by atomic mass is 15.3. The second-order valence-electron chi connectivity index (χ2n) is 6.13. The maximum Gasteiger partial charge on any atom is 0.0782 e. The molecule has 1 heterocycles. The number of hydrogen-bond donors (Lipinski definition) is 0. The van der Waals surface area contributed by atoms with E-state index in [4.69, 9.17) is 0 Å². The van der Waals surface area contributed by atoms with Gasteiger partial charge in [-0.15, -0.1) is 0 Å². The van der Waals surface area contributed by atoms with E-state index in [-0.39, 0.29) is 0 Å². The summed E-state index contributed by atoms with van der Waals surface area (Å²) >= 11 is 0. The summed E-state index contributed by atoms with van der Waals surface area (Å²) in [6.45, 7) is 2.78. The molecule has 80 valence electrons.